The van der Waals surface area contributed by atoms with Gasteiger partial charge in [-0.3, -0.25) is 9.48 Å². The van der Waals surface area contributed by atoms with Crippen LogP contribution in [0.3, 0.4) is 0 Å². The fraction of sp³-hybridized carbons (Fsp3) is 0.400. The van der Waals surface area contributed by atoms with Crippen molar-refractivity contribution in [3.8, 4) is 0 Å². The molecule has 1 N–H and O–H groups in total. The molecule has 0 saturated heterocycles. The maximum Gasteiger partial charge on any atom is 0.251 e. The molecule has 2 aromatic heterocycles. The van der Waals surface area contributed by atoms with Crippen LogP contribution in [0.4, 0.5) is 0 Å². The molecule has 0 aliphatic carbocycles. The molecule has 106 valence electrons. The van der Waals surface area contributed by atoms with Gasteiger partial charge in [-0.25, -0.2) is 4.98 Å². The lowest BCUT2D eigenvalue weighted by Crippen LogP contribution is -2.13. The van der Waals surface area contributed by atoms with Crippen molar-refractivity contribution >= 4 is 12.2 Å². The summed E-state index contributed by atoms with van der Waals surface area (Å²) < 4.78 is 1.80. The average molecular weight is 272 g/mol. The van der Waals surface area contributed by atoms with Crippen LogP contribution in [-0.2, 0) is 12.5 Å². The fourth-order valence-corrected chi connectivity index (χ4v) is 2.06. The highest BCUT2D eigenvalue weighted by Crippen LogP contribution is 2.25. The maximum absolute atomic E-state index is 11.4. The number of aromatic nitrogens is 4. The van der Waals surface area contributed by atoms with Gasteiger partial charge in [-0.2, -0.15) is 5.10 Å². The zero-order valence-corrected chi connectivity index (χ0v) is 12.6. The Morgan fingerprint density at radius 1 is 1.30 bits per heavy atom. The summed E-state index contributed by atoms with van der Waals surface area (Å²) in [5.74, 6) is 0.554. The first-order valence-electron chi connectivity index (χ1n) is 6.56. The highest BCUT2D eigenvalue weighted by atomic mass is 16.1. The summed E-state index contributed by atoms with van der Waals surface area (Å²) in [6.07, 6.45) is 5.71. The van der Waals surface area contributed by atoms with Crippen LogP contribution >= 0.6 is 0 Å². The van der Waals surface area contributed by atoms with E-state index in [4.69, 9.17) is 0 Å². The second kappa shape index (κ2) is 5.07. The SMILES string of the molecule is Cc1cc(=O)[nH]c(C=Cc2cn(C)nc2C(C)(C)C)n1. The van der Waals surface area contributed by atoms with Crippen molar-refractivity contribution in [1.82, 2.24) is 19.7 Å². The highest BCUT2D eigenvalue weighted by molar-refractivity contribution is 5.68. The molecule has 0 fully saturated rings. The van der Waals surface area contributed by atoms with Gasteiger partial charge in [0.15, 0.2) is 0 Å². The van der Waals surface area contributed by atoms with Gasteiger partial charge < -0.3 is 4.98 Å². The van der Waals surface area contributed by atoms with Gasteiger partial charge in [0.25, 0.3) is 5.56 Å². The van der Waals surface area contributed by atoms with E-state index in [2.05, 4.69) is 35.8 Å². The third kappa shape index (κ3) is 3.23. The summed E-state index contributed by atoms with van der Waals surface area (Å²) in [5.41, 5.74) is 2.58. The molecule has 5 nitrogen and oxygen atoms in total. The first-order chi connectivity index (χ1) is 9.25. The van der Waals surface area contributed by atoms with E-state index in [1.54, 1.807) is 17.7 Å². The number of nitrogens with zero attached hydrogens (tertiary/aromatic N) is 3. The Hall–Kier alpha value is -2.17. The Balaban J connectivity index is 2.39. The van der Waals surface area contributed by atoms with Crippen molar-refractivity contribution in [2.24, 2.45) is 7.05 Å². The van der Waals surface area contributed by atoms with Crippen molar-refractivity contribution in [3.05, 3.63) is 45.4 Å². The fourth-order valence-electron chi connectivity index (χ4n) is 2.06. The lowest BCUT2D eigenvalue weighted by atomic mass is 9.89. The Morgan fingerprint density at radius 3 is 2.60 bits per heavy atom. The number of aromatic amines is 1. The van der Waals surface area contributed by atoms with Gasteiger partial charge >= 0.3 is 0 Å². The molecule has 2 heterocycles. The first kappa shape index (κ1) is 14.2. The third-order valence-electron chi connectivity index (χ3n) is 2.88. The van der Waals surface area contributed by atoms with Crippen molar-refractivity contribution in [2.45, 2.75) is 33.1 Å². The molecule has 0 atom stereocenters. The summed E-state index contributed by atoms with van der Waals surface area (Å²) in [5, 5.41) is 4.50. The minimum absolute atomic E-state index is 0.0334. The molecule has 0 unspecified atom stereocenters. The standard InChI is InChI=1S/C15H20N4O/c1-10-8-13(20)17-12(16-10)7-6-11-9-19(5)18-14(11)15(2,3)4/h6-9H,1-5H3,(H,16,17,20). The summed E-state index contributed by atoms with van der Waals surface area (Å²) in [4.78, 5) is 18.4. The monoisotopic (exact) mass is 272 g/mol. The molecule has 0 radical (unpaired) electrons. The van der Waals surface area contributed by atoms with Crippen LogP contribution in [0.1, 0.15) is 43.5 Å². The number of rotatable bonds is 2. The molecule has 0 bridgehead atoms. The lowest BCUT2D eigenvalue weighted by Gasteiger charge is -2.16. The van der Waals surface area contributed by atoms with Gasteiger partial charge in [-0.15, -0.1) is 0 Å². The molecular weight excluding hydrogens is 252 g/mol. The van der Waals surface area contributed by atoms with E-state index >= 15 is 0 Å². The smallest absolute Gasteiger partial charge is 0.251 e. The highest BCUT2D eigenvalue weighted by Gasteiger charge is 2.20. The number of hydrogen-bond donors (Lipinski definition) is 1. The van der Waals surface area contributed by atoms with Crippen LogP contribution in [0, 0.1) is 6.92 Å². The van der Waals surface area contributed by atoms with Crippen LogP contribution in [-0.4, -0.2) is 19.7 Å². The molecular formula is C15H20N4O. The minimum atomic E-state index is -0.139. The van der Waals surface area contributed by atoms with Crippen molar-refractivity contribution < 1.29 is 0 Å². The Kier molecular flexibility index (Phi) is 3.61. The Bertz CT molecular complexity index is 701. The first-order valence-corrected chi connectivity index (χ1v) is 6.56. The number of aryl methyl sites for hydroxylation is 2. The van der Waals surface area contributed by atoms with Crippen molar-refractivity contribution in [3.63, 3.8) is 0 Å². The van der Waals surface area contributed by atoms with Gasteiger partial charge in [-0.05, 0) is 19.1 Å². The molecule has 0 aromatic carbocycles. The van der Waals surface area contributed by atoms with E-state index in [0.29, 0.717) is 11.5 Å². The summed E-state index contributed by atoms with van der Waals surface area (Å²) in [6.45, 7) is 8.18. The zero-order chi connectivity index (χ0) is 14.9. The maximum atomic E-state index is 11.4. The van der Waals surface area contributed by atoms with Crippen molar-refractivity contribution in [2.75, 3.05) is 0 Å². The molecule has 0 saturated carbocycles. The van der Waals surface area contributed by atoms with Gasteiger partial charge in [0, 0.05) is 36.0 Å². The molecule has 0 aliphatic rings. The minimum Gasteiger partial charge on any atom is -0.307 e. The number of hydrogen-bond acceptors (Lipinski definition) is 3. The lowest BCUT2D eigenvalue weighted by molar-refractivity contribution is 0.552. The van der Waals surface area contributed by atoms with E-state index in [-0.39, 0.29) is 11.0 Å². The number of nitrogens with one attached hydrogen (secondary N) is 1. The number of H-pyrrole nitrogens is 1. The third-order valence-corrected chi connectivity index (χ3v) is 2.88. The summed E-state index contributed by atoms with van der Waals surface area (Å²) in [6, 6.07) is 1.47. The predicted octanol–water partition coefficient (Wildman–Crippen LogP) is 2.28. The largest absolute Gasteiger partial charge is 0.307 e. The molecule has 20 heavy (non-hydrogen) atoms. The van der Waals surface area contributed by atoms with Crippen LogP contribution in [0.15, 0.2) is 17.1 Å². The van der Waals surface area contributed by atoms with Crippen LogP contribution in [0.2, 0.25) is 0 Å². The molecule has 0 amide bonds. The average Bonchev–Trinajstić information content (AvgIpc) is 2.66. The predicted molar refractivity (Wildman–Crippen MR) is 80.4 cm³/mol. The zero-order valence-electron chi connectivity index (χ0n) is 12.6. The second-order valence-corrected chi connectivity index (χ2v) is 5.96. The Labute approximate surface area is 118 Å². The van der Waals surface area contributed by atoms with Gasteiger partial charge in [0.05, 0.1) is 5.69 Å². The van der Waals surface area contributed by atoms with Crippen molar-refractivity contribution in [1.29, 1.82) is 0 Å². The van der Waals surface area contributed by atoms with Crippen LogP contribution in [0.25, 0.3) is 12.2 Å². The van der Waals surface area contributed by atoms with Gasteiger partial charge in [0.2, 0.25) is 0 Å². The topological polar surface area (TPSA) is 63.6 Å². The Morgan fingerprint density at radius 2 is 2.00 bits per heavy atom. The molecule has 2 rings (SSSR count). The van der Waals surface area contributed by atoms with Gasteiger partial charge in [-0.1, -0.05) is 20.8 Å². The van der Waals surface area contributed by atoms with E-state index in [1.165, 1.54) is 6.07 Å². The van der Waals surface area contributed by atoms with Crippen LogP contribution in [0.5, 0.6) is 0 Å². The van der Waals surface area contributed by atoms with E-state index in [1.807, 2.05) is 19.3 Å². The normalized spacial score (nSPS) is 12.2. The van der Waals surface area contributed by atoms with Crippen LogP contribution < -0.4 is 5.56 Å². The van der Waals surface area contributed by atoms with E-state index in [9.17, 15) is 4.79 Å². The molecule has 0 spiro atoms. The molecule has 2 aromatic rings. The molecule has 5 heteroatoms. The van der Waals surface area contributed by atoms with Gasteiger partial charge in [0.1, 0.15) is 5.82 Å². The molecule has 0 aliphatic heterocycles. The summed E-state index contributed by atoms with van der Waals surface area (Å²) >= 11 is 0. The second-order valence-electron chi connectivity index (χ2n) is 5.96. The van der Waals surface area contributed by atoms with E-state index < -0.39 is 0 Å². The van der Waals surface area contributed by atoms with E-state index in [0.717, 1.165) is 11.3 Å². The quantitative estimate of drug-likeness (QED) is 0.912. The summed E-state index contributed by atoms with van der Waals surface area (Å²) in [7, 11) is 1.90.